The van der Waals surface area contributed by atoms with E-state index in [0.29, 0.717) is 4.90 Å². The Morgan fingerprint density at radius 2 is 1.12 bits per heavy atom. The van der Waals surface area contributed by atoms with E-state index in [-0.39, 0.29) is 4.90 Å². The first-order valence-corrected chi connectivity index (χ1v) is 14.3. The molecule has 0 saturated heterocycles. The third kappa shape index (κ3) is 5.05. The fraction of sp³-hybridized carbons (Fsp3) is 0.0417. The molecule has 0 saturated carbocycles. The highest BCUT2D eigenvalue weighted by molar-refractivity contribution is 6.08. The van der Waals surface area contributed by atoms with E-state index < -0.39 is 284 Å². The third-order valence-electron chi connectivity index (χ3n) is 7.42. The van der Waals surface area contributed by atoms with E-state index in [9.17, 15) is 27.4 Å². The molecule has 0 radical (unpaired) electrons. The van der Waals surface area contributed by atoms with E-state index in [1.165, 1.54) is 0 Å². The minimum Gasteiger partial charge on any atom is -0.310 e. The van der Waals surface area contributed by atoms with Gasteiger partial charge in [0.2, 0.25) is 0 Å². The molecule has 0 spiro atoms. The van der Waals surface area contributed by atoms with Gasteiger partial charge in [-0.1, -0.05) is 158 Å². The standard InChI is InChI=1S/C48H36N2/c1-34-41-23-13-14-25-44(41)50(48-42-24-12-11-20-38(42)30-33-43(48)37-18-7-3-8-19-37)46-27-15-26-45(47(34)46)49(39-21-9-4-10-22-39)40-31-28-36(29-32-40)35-16-5-2-6-17-35/h2-34H,1H3/i1D3,2D,3D,4D,5D,6D,7D,8D,9D,10D,11D,12D,13D,14D,15D,16D,17D,18D,19D,20D,21D,22D,23D,24D,25D,26D,27D,28D,29D,30D,31D,32D,33D,34D. The molecule has 238 valence electrons. The predicted molar refractivity (Wildman–Crippen MR) is 212 cm³/mol. The lowest BCUT2D eigenvalue weighted by Gasteiger charge is -2.40. The van der Waals surface area contributed by atoms with Crippen LogP contribution in [0.3, 0.4) is 0 Å². The van der Waals surface area contributed by atoms with Crippen LogP contribution in [-0.2, 0) is 0 Å². The van der Waals surface area contributed by atoms with Gasteiger partial charge in [0.1, 0.15) is 0 Å². The van der Waals surface area contributed by atoms with Gasteiger partial charge in [0.05, 0.1) is 60.9 Å². The Bertz CT molecular complexity index is 4340. The van der Waals surface area contributed by atoms with Crippen molar-refractivity contribution in [3.63, 3.8) is 0 Å². The number of benzene rings is 8. The zero-order chi connectivity index (χ0) is 64.7. The van der Waals surface area contributed by atoms with Crippen LogP contribution in [-0.4, -0.2) is 0 Å². The Balaban J connectivity index is 1.68. The van der Waals surface area contributed by atoms with Gasteiger partial charge in [-0.3, -0.25) is 0 Å². The second kappa shape index (κ2) is 12.6. The van der Waals surface area contributed by atoms with E-state index in [0.717, 1.165) is 0 Å². The lowest BCUT2D eigenvalue weighted by atomic mass is 9.83. The van der Waals surface area contributed by atoms with Crippen LogP contribution in [0.25, 0.3) is 33.0 Å². The molecule has 1 aliphatic heterocycles. The number of nitrogens with zero attached hydrogens (tertiary/aromatic N) is 2. The summed E-state index contributed by atoms with van der Waals surface area (Å²) < 4.78 is 329. The van der Waals surface area contributed by atoms with Crippen molar-refractivity contribution in [3.8, 4) is 22.3 Å². The second-order valence-electron chi connectivity index (χ2n) is 10.1. The lowest BCUT2D eigenvalue weighted by Crippen LogP contribution is -2.24. The maximum atomic E-state index is 10.6. The molecule has 1 unspecified atom stereocenters. The number of hydrogen-bond donors (Lipinski definition) is 0. The van der Waals surface area contributed by atoms with Crippen LogP contribution >= 0.6 is 0 Å². The van der Waals surface area contributed by atoms with Gasteiger partial charge in [-0.25, -0.2) is 0 Å². The highest BCUT2D eigenvalue weighted by Gasteiger charge is 2.34. The van der Waals surface area contributed by atoms with Crippen molar-refractivity contribution < 1.29 is 49.3 Å². The molecule has 0 bridgehead atoms. The molecule has 9 rings (SSSR count). The van der Waals surface area contributed by atoms with E-state index >= 15 is 0 Å². The normalized spacial score (nSPS) is 25.3. The van der Waals surface area contributed by atoms with E-state index in [4.69, 9.17) is 21.9 Å². The van der Waals surface area contributed by atoms with Crippen molar-refractivity contribution >= 4 is 44.9 Å². The zero-order valence-corrected chi connectivity index (χ0v) is 24.9. The van der Waals surface area contributed by atoms with Crippen LogP contribution in [0, 0.1) is 0 Å². The van der Waals surface area contributed by atoms with Gasteiger partial charge in [0, 0.05) is 45.0 Å². The average Bonchev–Trinajstić information content (AvgIpc) is 0.671. The molecular weight excluding hydrogens is 605 g/mol. The molecular formula is C48H36N2. The summed E-state index contributed by atoms with van der Waals surface area (Å²) in [6.45, 7) is -4.23. The Hall–Kier alpha value is -6.38. The predicted octanol–water partition coefficient (Wildman–Crippen LogP) is 13.6. The van der Waals surface area contributed by atoms with Gasteiger partial charge >= 0.3 is 0 Å². The molecule has 50 heavy (non-hydrogen) atoms. The molecule has 0 amide bonds. The van der Waals surface area contributed by atoms with Crippen molar-refractivity contribution in [2.24, 2.45) is 0 Å². The number of anilines is 6. The van der Waals surface area contributed by atoms with E-state index in [1.54, 1.807) is 0 Å². The quantitative estimate of drug-likeness (QED) is 0.173. The van der Waals surface area contributed by atoms with Crippen molar-refractivity contribution in [2.45, 2.75) is 12.7 Å². The fourth-order valence-corrected chi connectivity index (χ4v) is 5.35. The smallest absolute Gasteiger partial charge is 0.0645 e. The minimum atomic E-state index is -4.23. The van der Waals surface area contributed by atoms with Crippen LogP contribution in [0.5, 0.6) is 0 Å². The summed E-state index contributed by atoms with van der Waals surface area (Å²) in [5.74, 6) is -4.10. The summed E-state index contributed by atoms with van der Waals surface area (Å²) in [5.41, 5.74) is -15.6. The number of rotatable bonds is 6. The summed E-state index contributed by atoms with van der Waals surface area (Å²) >= 11 is 0. The summed E-state index contributed by atoms with van der Waals surface area (Å²) in [6.07, 6.45) is 0. The van der Waals surface area contributed by atoms with Crippen molar-refractivity contribution in [3.05, 3.63) is 204 Å². The van der Waals surface area contributed by atoms with Crippen LogP contribution in [0.4, 0.5) is 34.1 Å². The first kappa shape index (κ1) is 10.3. The third-order valence-corrected chi connectivity index (χ3v) is 7.42. The van der Waals surface area contributed by atoms with Gasteiger partial charge in [-0.15, -0.1) is 0 Å². The van der Waals surface area contributed by atoms with Crippen LogP contribution in [0.15, 0.2) is 193 Å². The molecule has 1 aliphatic rings. The van der Waals surface area contributed by atoms with Crippen molar-refractivity contribution in [1.29, 1.82) is 0 Å². The zero-order valence-electron chi connectivity index (χ0n) is 60.9. The summed E-state index contributed by atoms with van der Waals surface area (Å²) in [5, 5.41) is -2.02. The average molecular weight is 677 g/mol. The highest BCUT2D eigenvalue weighted by Crippen LogP contribution is 2.56. The fourth-order valence-electron chi connectivity index (χ4n) is 5.35. The van der Waals surface area contributed by atoms with Gasteiger partial charge < -0.3 is 9.80 Å². The van der Waals surface area contributed by atoms with Crippen LogP contribution in [0.2, 0.25) is 0 Å². The Morgan fingerprint density at radius 3 is 1.88 bits per heavy atom. The van der Waals surface area contributed by atoms with Gasteiger partial charge in [0.25, 0.3) is 0 Å². The molecule has 1 atom stereocenters. The maximum absolute atomic E-state index is 10.6. The first-order valence-electron chi connectivity index (χ1n) is 32.3. The molecule has 0 aromatic heterocycles. The van der Waals surface area contributed by atoms with Crippen LogP contribution in [0.1, 0.15) is 73.2 Å². The molecule has 8 aromatic carbocycles. The largest absolute Gasteiger partial charge is 0.310 e. The molecule has 0 aliphatic carbocycles. The Morgan fingerprint density at radius 1 is 0.520 bits per heavy atom. The maximum Gasteiger partial charge on any atom is 0.0645 e. The molecule has 0 fully saturated rings. The topological polar surface area (TPSA) is 6.48 Å². The SMILES string of the molecule is [2H]c1c([2H])c([2H])c(-c2c([2H])c([2H])c(N(c3c([2H])c([2H])c([2H])c([2H])c3[2H])c3c([2H])c([2H])c([2H])c4c3C([2H])(C([2H])([2H])[2H])c3c([2H])c([2H])c([2H])c([2H])c3N4c3c(-c4c([2H])c([2H])c([2H])c([2H])c4[2H])c([2H])c([2H])c4c([2H])c([2H])c([2H])c([2H])c34)c([2H])c2[2H])c([2H])c1[2H]. The van der Waals surface area contributed by atoms with E-state index in [2.05, 4.69) is 0 Å². The minimum absolute atomic E-state index is 0.0959. The summed E-state index contributed by atoms with van der Waals surface area (Å²) in [7, 11) is 0. The summed E-state index contributed by atoms with van der Waals surface area (Å²) in [4.78, 5) is 0.413. The first-order chi connectivity index (χ1) is 39.6. The Kier molecular flexibility index (Phi) is 2.60. The van der Waals surface area contributed by atoms with E-state index in [1.807, 2.05) is 0 Å². The van der Waals surface area contributed by atoms with Gasteiger partial charge in [-0.05, 0) is 69.9 Å². The summed E-state index contributed by atoms with van der Waals surface area (Å²) in [6, 6.07) is -40.3. The molecule has 1 heterocycles. The molecule has 8 aromatic rings. The molecule has 2 nitrogen and oxygen atoms in total. The van der Waals surface area contributed by atoms with Gasteiger partial charge in [-0.2, -0.15) is 0 Å². The van der Waals surface area contributed by atoms with Gasteiger partial charge in [0.15, 0.2) is 0 Å². The second-order valence-corrected chi connectivity index (χ2v) is 10.1. The van der Waals surface area contributed by atoms with Crippen molar-refractivity contribution in [2.75, 3.05) is 9.80 Å². The highest BCUT2D eigenvalue weighted by atomic mass is 15.2. The lowest BCUT2D eigenvalue weighted by molar-refractivity contribution is 0.890. The van der Waals surface area contributed by atoms with Crippen molar-refractivity contribution in [1.82, 2.24) is 0 Å². The monoisotopic (exact) mass is 677 g/mol. The number of para-hydroxylation sites is 2. The Labute approximate surface area is 344 Å². The van der Waals surface area contributed by atoms with Crippen LogP contribution < -0.4 is 9.80 Å². The number of fused-ring (bicyclic) bond motifs is 3. The molecule has 0 N–H and O–H groups in total. The number of hydrogen-bond acceptors (Lipinski definition) is 2. The molecule has 2 heteroatoms.